The molecule has 0 aliphatic carbocycles. The van der Waals surface area contributed by atoms with Crippen LogP contribution in [0.15, 0.2) is 30.3 Å². The third-order valence-corrected chi connectivity index (χ3v) is 3.46. The summed E-state index contributed by atoms with van der Waals surface area (Å²) < 4.78 is 0. The van der Waals surface area contributed by atoms with E-state index in [1.54, 1.807) is 0 Å². The number of aromatic nitrogens is 1. The van der Waals surface area contributed by atoms with Crippen LogP contribution in [0.25, 0.3) is 10.9 Å². The van der Waals surface area contributed by atoms with Crippen molar-refractivity contribution >= 4 is 16.7 Å². The average Bonchev–Trinajstić information content (AvgIpc) is 2.45. The van der Waals surface area contributed by atoms with Gasteiger partial charge in [0, 0.05) is 31.1 Å². The van der Waals surface area contributed by atoms with Crippen LogP contribution >= 0.6 is 0 Å². The molecule has 0 bridgehead atoms. The highest BCUT2D eigenvalue weighted by Crippen LogP contribution is 2.22. The van der Waals surface area contributed by atoms with E-state index in [9.17, 15) is 0 Å². The Morgan fingerprint density at radius 1 is 1.10 bits per heavy atom. The number of hydrogen-bond acceptors (Lipinski definition) is 4. The van der Waals surface area contributed by atoms with Gasteiger partial charge in [-0.05, 0) is 39.2 Å². The van der Waals surface area contributed by atoms with Gasteiger partial charge in [-0.1, -0.05) is 18.2 Å². The molecule has 0 unspecified atom stereocenters. The maximum Gasteiger partial charge on any atom is 0.133 e. The maximum absolute atomic E-state index is 5.88. The van der Waals surface area contributed by atoms with Crippen LogP contribution in [0.4, 0.5) is 5.82 Å². The second-order valence-corrected chi connectivity index (χ2v) is 5.45. The van der Waals surface area contributed by atoms with Crippen LogP contribution in [0, 0.1) is 0 Å². The van der Waals surface area contributed by atoms with Gasteiger partial charge in [-0.15, -0.1) is 0 Å². The third-order valence-electron chi connectivity index (χ3n) is 3.46. The van der Waals surface area contributed by atoms with Crippen molar-refractivity contribution in [3.05, 3.63) is 35.9 Å². The number of nitrogens with zero attached hydrogens (tertiary/aromatic N) is 3. The minimum absolute atomic E-state index is 0.519. The van der Waals surface area contributed by atoms with Gasteiger partial charge >= 0.3 is 0 Å². The molecule has 0 amide bonds. The first-order valence-electron chi connectivity index (χ1n) is 7.06. The molecule has 0 atom stereocenters. The fraction of sp³-hybridized carbons (Fsp3) is 0.438. The SMILES string of the molecule is CN(C)CCCN(C)c1nc2ccccc2cc1CN. The van der Waals surface area contributed by atoms with E-state index in [-0.39, 0.29) is 0 Å². The minimum atomic E-state index is 0.519. The quantitative estimate of drug-likeness (QED) is 0.874. The van der Waals surface area contributed by atoms with Crippen molar-refractivity contribution in [2.45, 2.75) is 13.0 Å². The molecular formula is C16H24N4. The molecule has 4 heteroatoms. The fourth-order valence-corrected chi connectivity index (χ4v) is 2.36. The van der Waals surface area contributed by atoms with E-state index < -0.39 is 0 Å². The molecule has 2 rings (SSSR count). The summed E-state index contributed by atoms with van der Waals surface area (Å²) in [5.74, 6) is 1.00. The first-order valence-corrected chi connectivity index (χ1v) is 7.06. The number of fused-ring (bicyclic) bond motifs is 1. The molecule has 0 fully saturated rings. The summed E-state index contributed by atoms with van der Waals surface area (Å²) in [6.07, 6.45) is 1.11. The van der Waals surface area contributed by atoms with E-state index in [1.807, 2.05) is 18.2 Å². The van der Waals surface area contributed by atoms with Crippen molar-refractivity contribution in [2.24, 2.45) is 5.73 Å². The van der Waals surface area contributed by atoms with Gasteiger partial charge in [0.2, 0.25) is 0 Å². The number of pyridine rings is 1. The molecule has 20 heavy (non-hydrogen) atoms. The monoisotopic (exact) mass is 272 g/mol. The van der Waals surface area contributed by atoms with Crippen LogP contribution in [-0.4, -0.2) is 44.1 Å². The topological polar surface area (TPSA) is 45.4 Å². The Morgan fingerprint density at radius 3 is 2.55 bits per heavy atom. The molecule has 0 saturated carbocycles. The molecule has 0 aliphatic heterocycles. The summed E-state index contributed by atoms with van der Waals surface area (Å²) >= 11 is 0. The normalized spacial score (nSPS) is 11.2. The summed E-state index contributed by atoms with van der Waals surface area (Å²) in [7, 11) is 6.28. The van der Waals surface area contributed by atoms with Gasteiger partial charge in [-0.3, -0.25) is 0 Å². The van der Waals surface area contributed by atoms with Crippen molar-refractivity contribution in [1.29, 1.82) is 0 Å². The highest BCUT2D eigenvalue weighted by atomic mass is 15.2. The van der Waals surface area contributed by atoms with Crippen molar-refractivity contribution < 1.29 is 0 Å². The molecular weight excluding hydrogens is 248 g/mol. The van der Waals surface area contributed by atoms with E-state index >= 15 is 0 Å². The lowest BCUT2D eigenvalue weighted by molar-refractivity contribution is 0.401. The molecule has 1 aromatic carbocycles. The van der Waals surface area contributed by atoms with Gasteiger partial charge < -0.3 is 15.5 Å². The van der Waals surface area contributed by atoms with Crippen LogP contribution < -0.4 is 10.6 Å². The molecule has 2 aromatic rings. The highest BCUT2D eigenvalue weighted by Gasteiger charge is 2.10. The zero-order chi connectivity index (χ0) is 14.5. The molecule has 0 radical (unpaired) electrons. The summed E-state index contributed by atoms with van der Waals surface area (Å²) in [5, 5.41) is 1.15. The summed E-state index contributed by atoms with van der Waals surface area (Å²) in [6.45, 7) is 2.58. The molecule has 0 aliphatic rings. The van der Waals surface area contributed by atoms with Crippen molar-refractivity contribution in [3.8, 4) is 0 Å². The average molecular weight is 272 g/mol. The lowest BCUT2D eigenvalue weighted by Crippen LogP contribution is -2.25. The third kappa shape index (κ3) is 3.46. The maximum atomic E-state index is 5.88. The number of rotatable bonds is 6. The van der Waals surface area contributed by atoms with E-state index in [0.717, 1.165) is 41.8 Å². The Kier molecular flexibility index (Phi) is 4.93. The Hall–Kier alpha value is -1.65. The summed E-state index contributed by atoms with van der Waals surface area (Å²) in [5.41, 5.74) is 8.02. The zero-order valence-electron chi connectivity index (χ0n) is 12.6. The number of hydrogen-bond donors (Lipinski definition) is 1. The van der Waals surface area contributed by atoms with Gasteiger partial charge in [0.25, 0.3) is 0 Å². The van der Waals surface area contributed by atoms with Gasteiger partial charge in [-0.25, -0.2) is 4.98 Å². The predicted octanol–water partition coefficient (Wildman–Crippen LogP) is 2.08. The fourth-order valence-electron chi connectivity index (χ4n) is 2.36. The first-order chi connectivity index (χ1) is 9.61. The number of nitrogens with two attached hydrogens (primary N) is 1. The van der Waals surface area contributed by atoms with Crippen LogP contribution in [0.3, 0.4) is 0 Å². The number of para-hydroxylation sites is 1. The van der Waals surface area contributed by atoms with E-state index in [4.69, 9.17) is 10.7 Å². The molecule has 108 valence electrons. The standard InChI is InChI=1S/C16H24N4/c1-19(2)9-6-10-20(3)16-14(12-17)11-13-7-4-5-8-15(13)18-16/h4-5,7-8,11H,6,9-10,12,17H2,1-3H3. The largest absolute Gasteiger partial charge is 0.359 e. The number of anilines is 1. The second kappa shape index (κ2) is 6.68. The molecule has 1 aromatic heterocycles. The van der Waals surface area contributed by atoms with Gasteiger partial charge in [0.15, 0.2) is 0 Å². The Labute approximate surface area is 121 Å². The Bertz CT molecular complexity index is 565. The second-order valence-electron chi connectivity index (χ2n) is 5.45. The van der Waals surface area contributed by atoms with Crippen molar-refractivity contribution in [1.82, 2.24) is 9.88 Å². The predicted molar refractivity (Wildman–Crippen MR) is 86.1 cm³/mol. The molecule has 1 heterocycles. The van der Waals surface area contributed by atoms with E-state index in [0.29, 0.717) is 6.54 Å². The minimum Gasteiger partial charge on any atom is -0.359 e. The smallest absolute Gasteiger partial charge is 0.133 e. The van der Waals surface area contributed by atoms with Crippen LogP contribution in [0.1, 0.15) is 12.0 Å². The Morgan fingerprint density at radius 2 is 1.85 bits per heavy atom. The first kappa shape index (κ1) is 14.8. The lowest BCUT2D eigenvalue weighted by Gasteiger charge is -2.22. The van der Waals surface area contributed by atoms with Crippen molar-refractivity contribution in [3.63, 3.8) is 0 Å². The van der Waals surface area contributed by atoms with Gasteiger partial charge in [0.05, 0.1) is 5.52 Å². The van der Waals surface area contributed by atoms with E-state index in [2.05, 4.69) is 43.1 Å². The highest BCUT2D eigenvalue weighted by molar-refractivity contribution is 5.81. The summed E-state index contributed by atoms with van der Waals surface area (Å²) in [4.78, 5) is 9.18. The van der Waals surface area contributed by atoms with Crippen LogP contribution in [0.5, 0.6) is 0 Å². The van der Waals surface area contributed by atoms with Crippen LogP contribution in [0.2, 0.25) is 0 Å². The van der Waals surface area contributed by atoms with E-state index in [1.165, 1.54) is 0 Å². The Balaban J connectivity index is 2.22. The molecule has 2 N–H and O–H groups in total. The summed E-state index contributed by atoms with van der Waals surface area (Å²) in [6, 6.07) is 10.3. The lowest BCUT2D eigenvalue weighted by atomic mass is 10.1. The zero-order valence-corrected chi connectivity index (χ0v) is 12.6. The van der Waals surface area contributed by atoms with Crippen LogP contribution in [-0.2, 0) is 6.54 Å². The van der Waals surface area contributed by atoms with Gasteiger partial charge in [0.1, 0.15) is 5.82 Å². The number of benzene rings is 1. The van der Waals surface area contributed by atoms with Crippen molar-refractivity contribution in [2.75, 3.05) is 39.1 Å². The van der Waals surface area contributed by atoms with Gasteiger partial charge in [-0.2, -0.15) is 0 Å². The molecule has 0 spiro atoms. The molecule has 4 nitrogen and oxygen atoms in total. The molecule has 0 saturated heterocycles.